The molecule has 0 aromatic heterocycles. The molecule has 196 valence electrons. The van der Waals surface area contributed by atoms with Crippen LogP contribution in [0.4, 0.5) is 0 Å². The smallest absolute Gasteiger partial charge is 0.0784 e. The molecule has 3 heteroatoms. The molecule has 0 amide bonds. The number of benzene rings is 3. The first-order valence-electron chi connectivity index (χ1n) is 13.3. The summed E-state index contributed by atoms with van der Waals surface area (Å²) in [6, 6.07) is 13.2. The molecule has 0 nitrogen and oxygen atoms in total. The Morgan fingerprint density at radius 1 is 0.763 bits per heavy atom. The van der Waals surface area contributed by atoms with Crippen LogP contribution in [-0.2, 0) is 10.8 Å². The minimum atomic E-state index is -0.0711. The SMILES string of the molecule is CC(C)=c1cc2c(c(C3=C(c4ccc(Cl)c(Cl)c4Cl)C=CC3)c1C(C)(C)C)=Cc1cc(C(C)(C)C)ccc1-2. The molecule has 0 saturated heterocycles. The first-order chi connectivity index (χ1) is 17.7. The van der Waals surface area contributed by atoms with E-state index < -0.39 is 0 Å². The summed E-state index contributed by atoms with van der Waals surface area (Å²) in [5, 5.41) is 4.00. The van der Waals surface area contributed by atoms with E-state index in [0.29, 0.717) is 15.1 Å². The Bertz CT molecular complexity index is 1680. The highest BCUT2D eigenvalue weighted by Gasteiger charge is 2.30. The van der Waals surface area contributed by atoms with E-state index in [1.807, 2.05) is 12.1 Å². The normalized spacial score (nSPS) is 14.6. The highest BCUT2D eigenvalue weighted by atomic mass is 35.5. The monoisotopic (exact) mass is 560 g/mol. The Labute approximate surface area is 242 Å². The molecule has 0 spiro atoms. The van der Waals surface area contributed by atoms with Crippen LogP contribution in [0, 0.1) is 0 Å². The van der Waals surface area contributed by atoms with E-state index in [1.165, 1.54) is 55.0 Å². The molecule has 0 aliphatic heterocycles. The molecule has 2 aliphatic rings. The summed E-state index contributed by atoms with van der Waals surface area (Å²) < 4.78 is 0. The van der Waals surface area contributed by atoms with Crippen molar-refractivity contribution in [2.75, 3.05) is 0 Å². The second-order valence-electron chi connectivity index (χ2n) is 12.8. The molecule has 2 aliphatic carbocycles. The van der Waals surface area contributed by atoms with Crippen LogP contribution in [0.2, 0.25) is 15.1 Å². The molecule has 3 aromatic rings. The Balaban J connectivity index is 1.93. The Morgan fingerprint density at radius 3 is 2.08 bits per heavy atom. The zero-order chi connectivity index (χ0) is 27.7. The zero-order valence-corrected chi connectivity index (χ0v) is 25.8. The lowest BCUT2D eigenvalue weighted by Crippen LogP contribution is -2.31. The molecule has 0 unspecified atom stereocenters. The van der Waals surface area contributed by atoms with Crippen molar-refractivity contribution < 1.29 is 0 Å². The van der Waals surface area contributed by atoms with Gasteiger partial charge in [-0.15, -0.1) is 0 Å². The first kappa shape index (κ1) is 27.3. The molecule has 0 bridgehead atoms. The lowest BCUT2D eigenvalue weighted by molar-refractivity contribution is 0.583. The van der Waals surface area contributed by atoms with Crippen LogP contribution in [-0.4, -0.2) is 0 Å². The predicted octanol–water partition coefficient (Wildman–Crippen LogP) is 10.1. The summed E-state index contributed by atoms with van der Waals surface area (Å²) in [4.78, 5) is 0. The summed E-state index contributed by atoms with van der Waals surface area (Å²) in [7, 11) is 0. The van der Waals surface area contributed by atoms with Crippen molar-refractivity contribution in [2.45, 2.75) is 72.6 Å². The largest absolute Gasteiger partial charge is 0.0827 e. The number of rotatable bonds is 2. The Hall–Kier alpha value is -2.25. The molecule has 0 radical (unpaired) electrons. The van der Waals surface area contributed by atoms with Crippen molar-refractivity contribution in [3.63, 3.8) is 0 Å². The summed E-state index contributed by atoms with van der Waals surface area (Å²) in [6.07, 6.45) is 7.66. The van der Waals surface area contributed by atoms with Crippen LogP contribution in [0.25, 0.3) is 33.9 Å². The summed E-state index contributed by atoms with van der Waals surface area (Å²) in [5.74, 6) is 0. The second kappa shape index (κ2) is 9.44. The Morgan fingerprint density at radius 2 is 1.45 bits per heavy atom. The number of fused-ring (bicyclic) bond motifs is 3. The molecule has 0 N–H and O–H groups in total. The van der Waals surface area contributed by atoms with Gasteiger partial charge < -0.3 is 0 Å². The topological polar surface area (TPSA) is 0 Å². The van der Waals surface area contributed by atoms with Crippen LogP contribution in [0.3, 0.4) is 0 Å². The van der Waals surface area contributed by atoms with Crippen molar-refractivity contribution in [2.24, 2.45) is 0 Å². The third-order valence-corrected chi connectivity index (χ3v) is 9.02. The fourth-order valence-electron chi connectivity index (χ4n) is 5.84. The molecule has 0 heterocycles. The predicted molar refractivity (Wildman–Crippen MR) is 169 cm³/mol. The summed E-state index contributed by atoms with van der Waals surface area (Å²) in [5.41, 5.74) is 12.6. The van der Waals surface area contributed by atoms with Crippen molar-refractivity contribution in [1.29, 1.82) is 0 Å². The van der Waals surface area contributed by atoms with Gasteiger partial charge in [-0.25, -0.2) is 0 Å². The van der Waals surface area contributed by atoms with Crippen molar-refractivity contribution >= 4 is 57.6 Å². The van der Waals surface area contributed by atoms with Gasteiger partial charge >= 0.3 is 0 Å². The lowest BCUT2D eigenvalue weighted by Gasteiger charge is -2.27. The van der Waals surface area contributed by atoms with Crippen molar-refractivity contribution in [3.05, 3.63) is 102 Å². The number of halogens is 3. The third-order valence-electron chi connectivity index (χ3n) is 7.72. The highest BCUT2D eigenvalue weighted by Crippen LogP contribution is 2.44. The molecule has 3 aromatic carbocycles. The van der Waals surface area contributed by atoms with Gasteiger partial charge in [0.05, 0.1) is 15.1 Å². The van der Waals surface area contributed by atoms with Crippen molar-refractivity contribution in [3.8, 4) is 11.1 Å². The van der Waals surface area contributed by atoms with E-state index in [2.05, 4.69) is 97.9 Å². The number of hydrogen-bond acceptors (Lipinski definition) is 0. The molecular formula is C35H35Cl3. The van der Waals surface area contributed by atoms with Gasteiger partial charge in [0.2, 0.25) is 0 Å². The molecule has 0 saturated carbocycles. The maximum Gasteiger partial charge on any atom is 0.0784 e. The molecule has 5 rings (SSSR count). The van der Waals surface area contributed by atoms with E-state index in [0.717, 1.165) is 17.6 Å². The quantitative estimate of drug-likeness (QED) is 0.214. The molecular weight excluding hydrogens is 527 g/mol. The average molecular weight is 562 g/mol. The van der Waals surface area contributed by atoms with Gasteiger partial charge in [0.25, 0.3) is 0 Å². The molecule has 38 heavy (non-hydrogen) atoms. The van der Waals surface area contributed by atoms with Crippen molar-refractivity contribution in [1.82, 2.24) is 0 Å². The van der Waals surface area contributed by atoms with E-state index in [-0.39, 0.29) is 10.8 Å². The minimum Gasteiger partial charge on any atom is -0.0827 e. The van der Waals surface area contributed by atoms with Gasteiger partial charge in [-0.1, -0.05) is 118 Å². The minimum absolute atomic E-state index is 0.0711. The van der Waals surface area contributed by atoms with Crippen LogP contribution >= 0.6 is 34.8 Å². The van der Waals surface area contributed by atoms with Gasteiger partial charge in [0.15, 0.2) is 0 Å². The highest BCUT2D eigenvalue weighted by molar-refractivity contribution is 6.48. The maximum atomic E-state index is 6.80. The standard InChI is InChI=1S/C35H35Cl3/c1-19(2)26-18-27-22-13-12-21(34(3,4)5)16-20(22)17-28(27)30(31(26)35(6,7)8)24-11-9-10-23(24)25-14-15-29(36)33(38)32(25)37/h9-10,12-18H,11H2,1-8H3. The fraction of sp³-hybridized carbons (Fsp3) is 0.314. The first-order valence-corrected chi connectivity index (χ1v) is 14.4. The van der Waals surface area contributed by atoms with E-state index in [4.69, 9.17) is 34.8 Å². The zero-order valence-electron chi connectivity index (χ0n) is 23.5. The molecule has 0 atom stereocenters. The second-order valence-corrected chi connectivity index (χ2v) is 14.0. The van der Waals surface area contributed by atoms with Gasteiger partial charge in [0.1, 0.15) is 0 Å². The number of hydrogen-bond donors (Lipinski definition) is 0. The average Bonchev–Trinajstić information content (AvgIpc) is 3.44. The third kappa shape index (κ3) is 4.49. The maximum absolute atomic E-state index is 6.80. The van der Waals surface area contributed by atoms with Crippen LogP contribution in [0.1, 0.15) is 89.6 Å². The van der Waals surface area contributed by atoms with E-state index >= 15 is 0 Å². The van der Waals surface area contributed by atoms with Gasteiger partial charge in [0, 0.05) is 5.56 Å². The Kier molecular flexibility index (Phi) is 6.79. The lowest BCUT2D eigenvalue weighted by atomic mass is 9.76. The van der Waals surface area contributed by atoms with Gasteiger partial charge in [-0.2, -0.15) is 0 Å². The van der Waals surface area contributed by atoms with Crippen LogP contribution in [0.5, 0.6) is 0 Å². The summed E-state index contributed by atoms with van der Waals surface area (Å²) >= 11 is 19.6. The number of allylic oxidation sites excluding steroid dienone is 4. The van der Waals surface area contributed by atoms with E-state index in [1.54, 1.807) is 0 Å². The van der Waals surface area contributed by atoms with E-state index in [9.17, 15) is 0 Å². The van der Waals surface area contributed by atoms with Crippen LogP contribution in [0.15, 0.2) is 48.6 Å². The fourth-order valence-corrected chi connectivity index (χ4v) is 6.47. The molecule has 0 fully saturated rings. The van der Waals surface area contributed by atoms with Gasteiger partial charge in [-0.3, -0.25) is 0 Å². The van der Waals surface area contributed by atoms with Crippen LogP contribution < -0.4 is 10.4 Å². The van der Waals surface area contributed by atoms with Gasteiger partial charge in [-0.05, 0) is 104 Å². The summed E-state index contributed by atoms with van der Waals surface area (Å²) in [6.45, 7) is 18.2.